The fourth-order valence-electron chi connectivity index (χ4n) is 1.63. The third-order valence-electron chi connectivity index (χ3n) is 2.76. The smallest absolute Gasteiger partial charge is 0.277 e. The van der Waals surface area contributed by atoms with Crippen molar-refractivity contribution in [2.24, 2.45) is 0 Å². The van der Waals surface area contributed by atoms with Crippen LogP contribution in [0.5, 0.6) is 0 Å². The quantitative estimate of drug-likeness (QED) is 0.584. The lowest BCUT2D eigenvalue weighted by Crippen LogP contribution is -2.19. The molecule has 1 aromatic heterocycles. The number of rotatable bonds is 4. The van der Waals surface area contributed by atoms with Gasteiger partial charge in [0.15, 0.2) is 0 Å². The number of carbonyl (C=O) groups excluding carboxylic acids is 1. The van der Waals surface area contributed by atoms with Gasteiger partial charge in [-0.1, -0.05) is 6.07 Å². The van der Waals surface area contributed by atoms with Crippen molar-refractivity contribution >= 4 is 11.9 Å². The molecule has 0 bridgehead atoms. The van der Waals surface area contributed by atoms with Crippen molar-refractivity contribution in [3.05, 3.63) is 53.1 Å². The van der Waals surface area contributed by atoms with Crippen molar-refractivity contribution < 1.29 is 14.4 Å². The molecule has 0 aliphatic carbocycles. The summed E-state index contributed by atoms with van der Waals surface area (Å²) in [4.78, 5) is 19.0. The van der Waals surface area contributed by atoms with Crippen LogP contribution in [0.2, 0.25) is 0 Å². The van der Waals surface area contributed by atoms with Crippen molar-refractivity contribution in [1.29, 1.82) is 0 Å². The first-order valence-electron chi connectivity index (χ1n) is 5.85. The molecule has 0 radical (unpaired) electrons. The zero-order valence-electron chi connectivity index (χ0n) is 10.7. The fourth-order valence-corrected chi connectivity index (χ4v) is 1.63. The van der Waals surface area contributed by atoms with E-state index < -0.39 is 5.91 Å². The van der Waals surface area contributed by atoms with E-state index in [1.165, 1.54) is 30.0 Å². The highest BCUT2D eigenvalue weighted by molar-refractivity contribution is 5.92. The lowest BCUT2D eigenvalue weighted by Gasteiger charge is -2.08. The molecule has 1 amide bonds. The van der Waals surface area contributed by atoms with Crippen molar-refractivity contribution in [3.63, 3.8) is 0 Å². The molecule has 7 heteroatoms. The first-order chi connectivity index (χ1) is 9.60. The Morgan fingerprint density at radius 1 is 1.35 bits per heavy atom. The Bertz CT molecular complexity index is 616. The maximum atomic E-state index is 13.0. The Morgan fingerprint density at radius 3 is 2.65 bits per heavy atom. The van der Waals surface area contributed by atoms with Crippen LogP contribution in [0.25, 0.3) is 0 Å². The largest absolute Gasteiger partial charge is 0.350 e. The first-order valence-corrected chi connectivity index (χ1v) is 5.85. The van der Waals surface area contributed by atoms with E-state index >= 15 is 0 Å². The molecule has 0 aliphatic heterocycles. The number of amides is 1. The molecule has 0 spiro atoms. The molecule has 1 heterocycles. The number of aromatic nitrogens is 2. The Morgan fingerprint density at radius 2 is 2.05 bits per heavy atom. The van der Waals surface area contributed by atoms with Gasteiger partial charge in [-0.05, 0) is 30.2 Å². The monoisotopic (exact) mass is 276 g/mol. The van der Waals surface area contributed by atoms with Crippen molar-refractivity contribution in [2.75, 3.05) is 5.32 Å². The molecular formula is C13H13FN4O2. The number of hydrogen-bond acceptors (Lipinski definition) is 5. The highest BCUT2D eigenvalue weighted by atomic mass is 19.1. The van der Waals surface area contributed by atoms with E-state index in [2.05, 4.69) is 15.3 Å². The Labute approximate surface area is 114 Å². The number of benzene rings is 1. The molecule has 0 fully saturated rings. The van der Waals surface area contributed by atoms with Gasteiger partial charge in [0.1, 0.15) is 5.82 Å². The van der Waals surface area contributed by atoms with Gasteiger partial charge in [0, 0.05) is 18.9 Å². The topological polar surface area (TPSA) is 87.1 Å². The summed E-state index contributed by atoms with van der Waals surface area (Å²) in [5.74, 6) is -0.615. The first kappa shape index (κ1) is 13.9. The summed E-state index contributed by atoms with van der Waals surface area (Å²) in [5, 5.41) is 11.4. The number of carbonyl (C=O) groups is 1. The Hall–Kier alpha value is -2.54. The molecule has 0 saturated carbocycles. The van der Waals surface area contributed by atoms with E-state index in [1.54, 1.807) is 6.07 Å². The van der Waals surface area contributed by atoms with E-state index in [4.69, 9.17) is 5.21 Å². The Balaban J connectivity index is 2.02. The van der Waals surface area contributed by atoms with E-state index in [-0.39, 0.29) is 11.4 Å². The van der Waals surface area contributed by atoms with Gasteiger partial charge in [0.2, 0.25) is 5.95 Å². The van der Waals surface area contributed by atoms with Crippen LogP contribution in [0.4, 0.5) is 10.3 Å². The maximum Gasteiger partial charge on any atom is 0.277 e. The number of nitrogens with one attached hydrogen (secondary N) is 2. The summed E-state index contributed by atoms with van der Waals surface area (Å²) in [5.41, 5.74) is 3.40. The molecular weight excluding hydrogens is 263 g/mol. The minimum Gasteiger partial charge on any atom is -0.350 e. The number of nitrogens with zero attached hydrogens (tertiary/aromatic N) is 2. The maximum absolute atomic E-state index is 13.0. The SMILES string of the molecule is Cc1cc(F)ccc1CNc1ncc(C(=O)NO)cn1. The number of halogens is 1. The van der Waals surface area contributed by atoms with Crippen LogP contribution in [0, 0.1) is 12.7 Å². The molecule has 104 valence electrons. The van der Waals surface area contributed by atoms with Gasteiger partial charge in [0.05, 0.1) is 5.56 Å². The Kier molecular flexibility index (Phi) is 4.21. The van der Waals surface area contributed by atoms with Gasteiger partial charge in [-0.25, -0.2) is 19.8 Å². The predicted octanol–water partition coefficient (Wildman–Crippen LogP) is 1.66. The van der Waals surface area contributed by atoms with Crippen LogP contribution in [0.15, 0.2) is 30.6 Å². The lowest BCUT2D eigenvalue weighted by molar-refractivity contribution is 0.0705. The van der Waals surface area contributed by atoms with Gasteiger partial charge >= 0.3 is 0 Å². The molecule has 6 nitrogen and oxygen atoms in total. The number of hydrogen-bond donors (Lipinski definition) is 3. The summed E-state index contributed by atoms with van der Waals surface area (Å²) in [6, 6.07) is 4.53. The predicted molar refractivity (Wildman–Crippen MR) is 69.7 cm³/mol. The molecule has 2 aromatic rings. The van der Waals surface area contributed by atoms with Gasteiger partial charge in [-0.15, -0.1) is 0 Å². The second-order valence-corrected chi connectivity index (χ2v) is 4.16. The normalized spacial score (nSPS) is 10.2. The summed E-state index contributed by atoms with van der Waals surface area (Å²) in [6.07, 6.45) is 2.58. The summed E-state index contributed by atoms with van der Waals surface area (Å²) in [6.45, 7) is 2.26. The molecule has 0 aliphatic rings. The van der Waals surface area contributed by atoms with Crippen molar-refractivity contribution in [1.82, 2.24) is 15.4 Å². The second kappa shape index (κ2) is 6.07. The minimum atomic E-state index is -0.675. The van der Waals surface area contributed by atoms with E-state index in [9.17, 15) is 9.18 Å². The summed E-state index contributed by atoms with van der Waals surface area (Å²) < 4.78 is 13.0. The summed E-state index contributed by atoms with van der Waals surface area (Å²) >= 11 is 0. The van der Waals surface area contributed by atoms with Gasteiger partial charge in [-0.3, -0.25) is 10.0 Å². The molecule has 0 atom stereocenters. The van der Waals surface area contributed by atoms with Crippen LogP contribution in [0.1, 0.15) is 21.5 Å². The number of aryl methyl sites for hydroxylation is 1. The molecule has 0 unspecified atom stereocenters. The van der Waals surface area contributed by atoms with Gasteiger partial charge in [-0.2, -0.15) is 0 Å². The number of anilines is 1. The molecule has 0 saturated heterocycles. The standard InChI is InChI=1S/C13H13FN4O2/c1-8-4-11(14)3-2-9(8)5-15-13-16-6-10(7-17-13)12(19)18-20/h2-4,6-7,20H,5H2,1H3,(H,18,19)(H,15,16,17). The second-order valence-electron chi connectivity index (χ2n) is 4.16. The van der Waals surface area contributed by atoms with E-state index in [1.807, 2.05) is 6.92 Å². The van der Waals surface area contributed by atoms with Crippen molar-refractivity contribution in [3.8, 4) is 0 Å². The zero-order valence-corrected chi connectivity index (χ0v) is 10.7. The number of hydroxylamine groups is 1. The third-order valence-corrected chi connectivity index (χ3v) is 2.76. The zero-order chi connectivity index (χ0) is 14.5. The van der Waals surface area contributed by atoms with Crippen LogP contribution < -0.4 is 10.8 Å². The van der Waals surface area contributed by atoms with Crippen LogP contribution in [-0.2, 0) is 6.54 Å². The van der Waals surface area contributed by atoms with E-state index in [0.717, 1.165) is 11.1 Å². The van der Waals surface area contributed by atoms with E-state index in [0.29, 0.717) is 12.5 Å². The van der Waals surface area contributed by atoms with Gasteiger partial charge < -0.3 is 5.32 Å². The van der Waals surface area contributed by atoms with Crippen LogP contribution >= 0.6 is 0 Å². The average Bonchev–Trinajstić information content (AvgIpc) is 2.46. The van der Waals surface area contributed by atoms with Crippen molar-refractivity contribution in [2.45, 2.75) is 13.5 Å². The van der Waals surface area contributed by atoms with Crippen LogP contribution in [-0.4, -0.2) is 21.1 Å². The molecule has 3 N–H and O–H groups in total. The third kappa shape index (κ3) is 3.27. The molecule has 2 rings (SSSR count). The minimum absolute atomic E-state index is 0.149. The highest BCUT2D eigenvalue weighted by Gasteiger charge is 2.06. The fraction of sp³-hybridized carbons (Fsp3) is 0.154. The average molecular weight is 276 g/mol. The van der Waals surface area contributed by atoms with Gasteiger partial charge in [0.25, 0.3) is 5.91 Å². The van der Waals surface area contributed by atoms with Crippen LogP contribution in [0.3, 0.4) is 0 Å². The summed E-state index contributed by atoms with van der Waals surface area (Å²) in [7, 11) is 0. The molecule has 20 heavy (non-hydrogen) atoms. The molecule has 1 aromatic carbocycles. The lowest BCUT2D eigenvalue weighted by atomic mass is 10.1. The highest BCUT2D eigenvalue weighted by Crippen LogP contribution is 2.11.